The van der Waals surface area contributed by atoms with Gasteiger partial charge in [-0.15, -0.1) is 0 Å². The van der Waals surface area contributed by atoms with Crippen LogP contribution < -0.4 is 5.32 Å². The molecular formula is C21H25N3O6S. The quantitative estimate of drug-likeness (QED) is 0.628. The Morgan fingerprint density at radius 1 is 1.10 bits per heavy atom. The van der Waals surface area contributed by atoms with Crippen LogP contribution in [0.1, 0.15) is 48.9 Å². The summed E-state index contributed by atoms with van der Waals surface area (Å²) in [5, 5.41) is 11.0. The molecule has 1 unspecified atom stereocenters. The lowest BCUT2D eigenvalue weighted by Crippen LogP contribution is -2.48. The molecule has 3 rings (SSSR count). The highest BCUT2D eigenvalue weighted by Gasteiger charge is 2.39. The van der Waals surface area contributed by atoms with Gasteiger partial charge in [-0.3, -0.25) is 9.59 Å². The van der Waals surface area contributed by atoms with Crippen LogP contribution in [0.2, 0.25) is 0 Å². The monoisotopic (exact) mass is 447 g/mol. The van der Waals surface area contributed by atoms with Crippen molar-refractivity contribution in [3.63, 3.8) is 0 Å². The number of benzene rings is 1. The molecule has 1 N–H and O–H groups in total. The third-order valence-electron chi connectivity index (χ3n) is 5.58. The molecule has 0 bridgehead atoms. The van der Waals surface area contributed by atoms with Crippen molar-refractivity contribution in [2.75, 3.05) is 23.4 Å². The smallest absolute Gasteiger partial charge is 0.338 e. The van der Waals surface area contributed by atoms with Gasteiger partial charge in [0.05, 0.1) is 23.1 Å². The summed E-state index contributed by atoms with van der Waals surface area (Å²) < 4.78 is 29.0. The van der Waals surface area contributed by atoms with E-state index < -0.39 is 28.3 Å². The fourth-order valence-electron chi connectivity index (χ4n) is 4.13. The van der Waals surface area contributed by atoms with Gasteiger partial charge in [0.25, 0.3) is 5.91 Å². The standard InChI is InChI=1S/C21H25N3O6S/c22-11-9-19(25)23-16-7-5-15(6-8-16)21(27)30-13-20(26)24(17-3-1-2-4-17)18-10-12-31(28,29)14-18/h5-8,17-18H,1-4,9-10,12-14H2,(H,23,25). The highest BCUT2D eigenvalue weighted by Crippen LogP contribution is 2.29. The second-order valence-corrected chi connectivity index (χ2v) is 10.1. The first-order chi connectivity index (χ1) is 14.8. The highest BCUT2D eigenvalue weighted by atomic mass is 32.2. The molecule has 2 fully saturated rings. The van der Waals surface area contributed by atoms with Crippen molar-refractivity contribution in [2.24, 2.45) is 0 Å². The van der Waals surface area contributed by atoms with E-state index in [0.29, 0.717) is 12.1 Å². The van der Waals surface area contributed by atoms with Gasteiger partial charge in [0, 0.05) is 17.8 Å². The number of nitrogens with one attached hydrogen (secondary N) is 1. The minimum atomic E-state index is -3.14. The normalized spacial score (nSPS) is 20.0. The Kier molecular flexibility index (Phi) is 7.28. The molecule has 0 aromatic heterocycles. The lowest BCUT2D eigenvalue weighted by molar-refractivity contribution is -0.139. The molecule has 1 aliphatic carbocycles. The van der Waals surface area contributed by atoms with Crippen molar-refractivity contribution in [3.8, 4) is 6.07 Å². The first-order valence-corrected chi connectivity index (χ1v) is 12.1. The predicted octanol–water partition coefficient (Wildman–Crippen LogP) is 1.65. The van der Waals surface area contributed by atoms with Gasteiger partial charge in [-0.2, -0.15) is 5.26 Å². The van der Waals surface area contributed by atoms with Crippen LogP contribution in [0.5, 0.6) is 0 Å². The van der Waals surface area contributed by atoms with Crippen LogP contribution in [0.15, 0.2) is 24.3 Å². The number of nitriles is 1. The molecule has 1 aliphatic heterocycles. The topological polar surface area (TPSA) is 134 Å². The number of rotatable bonds is 7. The number of hydrogen-bond donors (Lipinski definition) is 1. The van der Waals surface area contributed by atoms with E-state index in [2.05, 4.69) is 5.32 Å². The fourth-order valence-corrected chi connectivity index (χ4v) is 5.85. The van der Waals surface area contributed by atoms with E-state index >= 15 is 0 Å². The molecule has 1 atom stereocenters. The van der Waals surface area contributed by atoms with Gasteiger partial charge in [-0.25, -0.2) is 13.2 Å². The molecule has 0 spiro atoms. The zero-order chi connectivity index (χ0) is 22.4. The second-order valence-electron chi connectivity index (χ2n) is 7.83. The van der Waals surface area contributed by atoms with Crippen LogP contribution >= 0.6 is 0 Å². The van der Waals surface area contributed by atoms with Crippen LogP contribution in [0.25, 0.3) is 0 Å². The summed E-state index contributed by atoms with van der Waals surface area (Å²) in [7, 11) is -3.14. The first kappa shape index (κ1) is 22.7. The lowest BCUT2D eigenvalue weighted by atomic mass is 10.1. The van der Waals surface area contributed by atoms with E-state index in [9.17, 15) is 22.8 Å². The minimum Gasteiger partial charge on any atom is -0.452 e. The van der Waals surface area contributed by atoms with Crippen LogP contribution in [0.4, 0.5) is 5.69 Å². The van der Waals surface area contributed by atoms with Crippen molar-refractivity contribution < 1.29 is 27.5 Å². The summed E-state index contributed by atoms with van der Waals surface area (Å²) >= 11 is 0. The minimum absolute atomic E-state index is 0.0131. The number of anilines is 1. The molecule has 1 aromatic carbocycles. The zero-order valence-electron chi connectivity index (χ0n) is 17.1. The van der Waals surface area contributed by atoms with Gasteiger partial charge >= 0.3 is 5.97 Å². The number of nitrogens with zero attached hydrogens (tertiary/aromatic N) is 2. The van der Waals surface area contributed by atoms with Crippen LogP contribution in [-0.4, -0.2) is 61.3 Å². The Hall–Kier alpha value is -2.93. The SMILES string of the molecule is N#CCC(=O)Nc1ccc(C(=O)OCC(=O)N(C2CCCC2)C2CCS(=O)(=O)C2)cc1. The number of hydrogen-bond acceptors (Lipinski definition) is 7. The number of esters is 1. The summed E-state index contributed by atoms with van der Waals surface area (Å²) in [6, 6.07) is 7.27. The van der Waals surface area contributed by atoms with Gasteiger partial charge in [0.15, 0.2) is 16.4 Å². The number of sulfone groups is 1. The number of carbonyl (C=O) groups is 3. The Morgan fingerprint density at radius 2 is 1.77 bits per heavy atom. The third kappa shape index (κ3) is 6.04. The molecule has 0 radical (unpaired) electrons. The van der Waals surface area contributed by atoms with E-state index in [1.807, 2.05) is 0 Å². The molecule has 1 heterocycles. The van der Waals surface area contributed by atoms with E-state index in [4.69, 9.17) is 10.00 Å². The summed E-state index contributed by atoms with van der Waals surface area (Å²) in [6.45, 7) is -0.452. The largest absolute Gasteiger partial charge is 0.452 e. The maximum Gasteiger partial charge on any atom is 0.338 e. The highest BCUT2D eigenvalue weighted by molar-refractivity contribution is 7.91. The van der Waals surface area contributed by atoms with E-state index in [-0.39, 0.29) is 41.5 Å². The molecule has 166 valence electrons. The molecular weight excluding hydrogens is 422 g/mol. The maximum absolute atomic E-state index is 12.9. The average Bonchev–Trinajstić information content (AvgIpc) is 3.37. The van der Waals surface area contributed by atoms with E-state index in [1.54, 1.807) is 11.0 Å². The second kappa shape index (κ2) is 9.92. The molecule has 2 amide bonds. The van der Waals surface area contributed by atoms with Gasteiger partial charge < -0.3 is 15.0 Å². The Bertz CT molecular complexity index is 977. The number of ether oxygens (including phenoxy) is 1. The van der Waals surface area contributed by atoms with Crippen molar-refractivity contribution in [3.05, 3.63) is 29.8 Å². The molecule has 10 heteroatoms. The lowest BCUT2D eigenvalue weighted by Gasteiger charge is -2.33. The molecule has 31 heavy (non-hydrogen) atoms. The molecule has 1 saturated heterocycles. The summed E-state index contributed by atoms with van der Waals surface area (Å²) in [5.41, 5.74) is 0.643. The van der Waals surface area contributed by atoms with E-state index in [1.165, 1.54) is 24.3 Å². The number of carbonyl (C=O) groups excluding carboxylic acids is 3. The van der Waals surface area contributed by atoms with Gasteiger partial charge in [0.1, 0.15) is 6.42 Å². The zero-order valence-corrected chi connectivity index (χ0v) is 17.9. The summed E-state index contributed by atoms with van der Waals surface area (Å²) in [6.07, 6.45) is 3.78. The average molecular weight is 448 g/mol. The van der Waals surface area contributed by atoms with Crippen molar-refractivity contribution in [1.82, 2.24) is 4.90 Å². The first-order valence-electron chi connectivity index (χ1n) is 10.2. The summed E-state index contributed by atoms with van der Waals surface area (Å²) in [5.74, 6) is -1.48. The van der Waals surface area contributed by atoms with Gasteiger partial charge in [-0.05, 0) is 43.5 Å². The Morgan fingerprint density at radius 3 is 2.35 bits per heavy atom. The molecule has 9 nitrogen and oxygen atoms in total. The molecule has 1 saturated carbocycles. The van der Waals surface area contributed by atoms with E-state index in [0.717, 1.165) is 25.7 Å². The van der Waals surface area contributed by atoms with Crippen molar-refractivity contribution in [1.29, 1.82) is 5.26 Å². The van der Waals surface area contributed by atoms with Crippen LogP contribution in [0.3, 0.4) is 0 Å². The summed E-state index contributed by atoms with van der Waals surface area (Å²) in [4.78, 5) is 38.3. The third-order valence-corrected chi connectivity index (χ3v) is 7.33. The molecule has 1 aromatic rings. The van der Waals surface area contributed by atoms with Crippen LogP contribution in [0, 0.1) is 11.3 Å². The fraction of sp³-hybridized carbons (Fsp3) is 0.524. The Labute approximate surface area is 181 Å². The Balaban J connectivity index is 1.59. The van der Waals surface area contributed by atoms with Crippen LogP contribution in [-0.2, 0) is 24.2 Å². The predicted molar refractivity (Wildman–Crippen MR) is 112 cm³/mol. The maximum atomic E-state index is 12.9. The van der Waals surface area contributed by atoms with Gasteiger partial charge in [-0.1, -0.05) is 12.8 Å². The van der Waals surface area contributed by atoms with Crippen molar-refractivity contribution in [2.45, 2.75) is 50.6 Å². The molecule has 2 aliphatic rings. The number of amides is 2. The van der Waals surface area contributed by atoms with Gasteiger partial charge in [0.2, 0.25) is 5.91 Å². The van der Waals surface area contributed by atoms with Crippen molar-refractivity contribution >= 4 is 33.3 Å².